The van der Waals surface area contributed by atoms with Crippen molar-refractivity contribution >= 4 is 89.4 Å². The van der Waals surface area contributed by atoms with E-state index < -0.39 is 7.29 Å². The van der Waals surface area contributed by atoms with Gasteiger partial charge in [0.05, 0.1) is 33.1 Å². The second-order valence-corrected chi connectivity index (χ2v) is 18.5. The van der Waals surface area contributed by atoms with Gasteiger partial charge in [0.25, 0.3) is 0 Å². The molecule has 0 amide bonds. The molecule has 1 aliphatic rings. The first-order valence-electron chi connectivity index (χ1n) is 21.7. The number of nitrogens with zero attached hydrogens (tertiary/aromatic N) is 9. The zero-order valence-corrected chi connectivity index (χ0v) is 35.7. The Morgan fingerprint density at radius 3 is 1.22 bits per heavy atom. The van der Waals surface area contributed by atoms with Gasteiger partial charge in [0.15, 0.2) is 11.6 Å². The lowest BCUT2D eigenvalue weighted by Crippen LogP contribution is -2.33. The van der Waals surface area contributed by atoms with Gasteiger partial charge in [0.1, 0.15) is 0 Å². The maximum Gasteiger partial charge on any atom is 0.306 e. The van der Waals surface area contributed by atoms with E-state index in [4.69, 9.17) is 29.9 Å². The molecule has 12 aromatic rings. The van der Waals surface area contributed by atoms with Gasteiger partial charge < -0.3 is 0 Å². The molecule has 0 spiro atoms. The molecule has 0 fully saturated rings. The van der Waals surface area contributed by atoms with E-state index in [0.717, 1.165) is 89.4 Å². The van der Waals surface area contributed by atoms with Crippen molar-refractivity contribution < 1.29 is 4.57 Å². The Bertz CT molecular complexity index is 3850. The Balaban J connectivity index is 1.20. The molecular formula is C54H36N9OP. The van der Waals surface area contributed by atoms with Crippen molar-refractivity contribution in [2.24, 2.45) is 0 Å². The van der Waals surface area contributed by atoms with Crippen LogP contribution in [-0.2, 0) is 4.57 Å². The van der Waals surface area contributed by atoms with Crippen LogP contribution in [0.5, 0.6) is 0 Å². The summed E-state index contributed by atoms with van der Waals surface area (Å²) >= 11 is 0. The van der Waals surface area contributed by atoms with Crippen LogP contribution in [0.15, 0.2) is 194 Å². The fourth-order valence-electron chi connectivity index (χ4n) is 9.55. The number of hydrogen-bond donors (Lipinski definition) is 0. The minimum atomic E-state index is -4.43. The lowest BCUT2D eigenvalue weighted by molar-refractivity contribution is 0.580. The highest BCUT2D eigenvalue weighted by Crippen LogP contribution is 2.50. The van der Waals surface area contributed by atoms with Gasteiger partial charge in [0.2, 0.25) is 23.0 Å². The Morgan fingerprint density at radius 1 is 0.385 bits per heavy atom. The molecule has 10 nitrogen and oxygen atoms in total. The Hall–Kier alpha value is -8.33. The largest absolute Gasteiger partial charge is 0.306 e. The molecule has 5 aromatic heterocycles. The van der Waals surface area contributed by atoms with Crippen molar-refractivity contribution in [2.75, 3.05) is 0 Å². The molecule has 0 aliphatic heterocycles. The van der Waals surface area contributed by atoms with Crippen LogP contribution in [0.3, 0.4) is 0 Å². The fourth-order valence-corrected chi connectivity index (χ4v) is 12.0. The monoisotopic (exact) mass is 857 g/mol. The van der Waals surface area contributed by atoms with E-state index in [9.17, 15) is 0 Å². The molecule has 11 heteroatoms. The van der Waals surface area contributed by atoms with Crippen LogP contribution in [0, 0.1) is 0 Å². The van der Waals surface area contributed by atoms with Crippen molar-refractivity contribution in [3.05, 3.63) is 200 Å². The second-order valence-electron chi connectivity index (χ2n) is 16.2. The van der Waals surface area contributed by atoms with Crippen LogP contribution >= 0.6 is 7.29 Å². The maximum absolute atomic E-state index is 17.8. The van der Waals surface area contributed by atoms with Crippen molar-refractivity contribution in [1.82, 2.24) is 43.4 Å². The third-order valence-corrected chi connectivity index (χ3v) is 14.9. The topological polar surface area (TPSA) is 109 Å². The van der Waals surface area contributed by atoms with E-state index >= 15 is 4.57 Å². The molecule has 65 heavy (non-hydrogen) atoms. The van der Waals surface area contributed by atoms with Gasteiger partial charge in [-0.3, -0.25) is 18.0 Å². The quantitative estimate of drug-likeness (QED) is 0.147. The third-order valence-electron chi connectivity index (χ3n) is 12.4. The van der Waals surface area contributed by atoms with Gasteiger partial charge in [-0.05, 0) is 49.2 Å². The smallest absolute Gasteiger partial charge is 0.283 e. The summed E-state index contributed by atoms with van der Waals surface area (Å²) in [7, 11) is -4.43. The minimum absolute atomic E-state index is 0.0354. The summed E-state index contributed by atoms with van der Waals surface area (Å²) < 4.78 is 23.8. The van der Waals surface area contributed by atoms with Crippen molar-refractivity contribution in [3.8, 4) is 23.3 Å². The summed E-state index contributed by atoms with van der Waals surface area (Å²) in [5.74, 6) is 1.43. The molecule has 1 aliphatic carbocycles. The van der Waals surface area contributed by atoms with Crippen LogP contribution in [-0.4, -0.2) is 43.4 Å². The van der Waals surface area contributed by atoms with Gasteiger partial charge >= 0.3 is 7.29 Å². The van der Waals surface area contributed by atoms with E-state index in [0.29, 0.717) is 23.5 Å². The van der Waals surface area contributed by atoms with E-state index in [1.807, 2.05) is 130 Å². The predicted molar refractivity (Wildman–Crippen MR) is 262 cm³/mol. The Kier molecular flexibility index (Phi) is 8.38. The highest BCUT2D eigenvalue weighted by Gasteiger charge is 2.41. The fraction of sp³-hybridized carbons (Fsp3) is 0.0370. The average molecular weight is 858 g/mol. The van der Waals surface area contributed by atoms with E-state index in [-0.39, 0.29) is 11.1 Å². The number of hydrogen-bond acceptors (Lipinski definition) is 7. The maximum atomic E-state index is 17.8. The third kappa shape index (κ3) is 5.70. The normalized spacial score (nSPS) is 13.9. The second kappa shape index (κ2) is 14.6. The number of para-hydroxylation sites is 6. The van der Waals surface area contributed by atoms with E-state index in [1.54, 1.807) is 0 Å². The minimum Gasteiger partial charge on any atom is -0.283 e. The number of fused-ring (bicyclic) bond motifs is 9. The van der Waals surface area contributed by atoms with Gasteiger partial charge in [-0.25, -0.2) is 9.97 Å². The first-order chi connectivity index (χ1) is 32.1. The van der Waals surface area contributed by atoms with Crippen molar-refractivity contribution in [2.45, 2.75) is 12.8 Å². The zero-order valence-electron chi connectivity index (χ0n) is 34.8. The molecule has 5 heterocycles. The molecule has 0 bridgehead atoms. The lowest BCUT2D eigenvalue weighted by atomic mass is 10.1. The number of aromatic nitrogens is 9. The van der Waals surface area contributed by atoms with Crippen LogP contribution < -0.4 is 11.1 Å². The highest BCUT2D eigenvalue weighted by atomic mass is 31.2. The van der Waals surface area contributed by atoms with Gasteiger partial charge in [-0.15, -0.1) is 0 Å². The molecule has 1 atom stereocenters. The zero-order chi connectivity index (χ0) is 43.1. The molecule has 1 unspecified atom stereocenters. The van der Waals surface area contributed by atoms with Crippen molar-refractivity contribution in [3.63, 3.8) is 0 Å². The molecule has 0 N–H and O–H groups in total. The Morgan fingerprint density at radius 2 is 0.769 bits per heavy atom. The summed E-state index contributed by atoms with van der Waals surface area (Å²) in [6.07, 6.45) is 8.02. The van der Waals surface area contributed by atoms with Gasteiger partial charge in [0, 0.05) is 43.5 Å². The average Bonchev–Trinajstić information content (AvgIpc) is 4.03. The van der Waals surface area contributed by atoms with Crippen molar-refractivity contribution in [1.29, 1.82) is 0 Å². The first-order valence-corrected chi connectivity index (χ1v) is 23.3. The summed E-state index contributed by atoms with van der Waals surface area (Å²) in [5, 5.41) is 6.05. The number of rotatable bonds is 7. The number of allylic oxidation sites excluding steroid dienone is 4. The molecule has 0 saturated heterocycles. The van der Waals surface area contributed by atoms with E-state index in [2.05, 4.69) is 77.4 Å². The first kappa shape index (κ1) is 37.2. The van der Waals surface area contributed by atoms with Crippen LogP contribution in [0.2, 0.25) is 0 Å². The molecule has 13 rings (SSSR count). The molecular weight excluding hydrogens is 822 g/mol. The summed E-state index contributed by atoms with van der Waals surface area (Å²) in [6, 6.07) is 58.7. The van der Waals surface area contributed by atoms with Crippen LogP contribution in [0.4, 0.5) is 0 Å². The van der Waals surface area contributed by atoms with Crippen LogP contribution in [0.1, 0.15) is 18.7 Å². The SMILES string of the molecule is O=P(c1nc(C2=CCCC=C2)nc(-n2c3ccccc3c3ccccc32)n1)(c1nc(-c2ccccc2)nc(-n2c3ccccc3c3ccccc32)n1)n1c2ccccc2c2ccccc21. The van der Waals surface area contributed by atoms with Gasteiger partial charge in [-0.1, -0.05) is 158 Å². The van der Waals surface area contributed by atoms with Crippen LogP contribution in [0.25, 0.3) is 94.3 Å². The highest BCUT2D eigenvalue weighted by molar-refractivity contribution is 7.76. The predicted octanol–water partition coefficient (Wildman–Crippen LogP) is 11.5. The summed E-state index contributed by atoms with van der Waals surface area (Å²) in [5.41, 5.74) is 6.75. The Labute approximate surface area is 372 Å². The molecule has 0 radical (unpaired) electrons. The number of benzene rings is 7. The molecule has 308 valence electrons. The standard InChI is InChI=1S/C54H36N9OP/c64-65(63-47-33-17-11-27-41(47)42-28-12-18-34-48(42)63,53-57-49(35-19-3-1-4-20-35)55-51(59-53)61-43-29-13-7-23-37(43)38-24-8-14-30-44(38)61)54-58-50(36-21-5-2-6-22-36)56-52(60-54)62-45-31-15-9-25-39(45)40-26-10-16-32-46(40)62/h1,3-5,7-34H,2,6H2. The summed E-state index contributed by atoms with van der Waals surface area (Å²) in [4.78, 5) is 31.8. The molecule has 7 aromatic carbocycles. The molecule has 0 saturated carbocycles. The van der Waals surface area contributed by atoms with Gasteiger partial charge in [-0.2, -0.15) is 19.9 Å². The van der Waals surface area contributed by atoms with E-state index in [1.165, 1.54) is 0 Å². The summed E-state index contributed by atoms with van der Waals surface area (Å²) in [6.45, 7) is 0. The lowest BCUT2D eigenvalue weighted by Gasteiger charge is -2.22.